The molecule has 1 aromatic rings. The van der Waals surface area contributed by atoms with E-state index < -0.39 is 0 Å². The Morgan fingerprint density at radius 3 is 2.69 bits per heavy atom. The van der Waals surface area contributed by atoms with E-state index >= 15 is 0 Å². The molecular formula is C12H19BrN2O. The van der Waals surface area contributed by atoms with Crippen LogP contribution in [0.25, 0.3) is 0 Å². The normalized spacial score (nSPS) is 11.3. The molecule has 0 spiro atoms. The summed E-state index contributed by atoms with van der Waals surface area (Å²) in [7, 11) is 0. The summed E-state index contributed by atoms with van der Waals surface area (Å²) in [4.78, 5) is 13.8. The molecule has 0 N–H and O–H groups in total. The van der Waals surface area contributed by atoms with E-state index in [2.05, 4.69) is 34.7 Å². The summed E-state index contributed by atoms with van der Waals surface area (Å²) in [6.07, 6.45) is 1.84. The Bertz CT molecular complexity index is 362. The summed E-state index contributed by atoms with van der Waals surface area (Å²) in [6.45, 7) is 7.03. The molecule has 0 saturated heterocycles. The highest BCUT2D eigenvalue weighted by Crippen LogP contribution is 1.99. The first-order valence-corrected chi connectivity index (χ1v) is 6.72. The Kier molecular flexibility index (Phi) is 5.77. The first-order valence-electron chi connectivity index (χ1n) is 5.60. The van der Waals surface area contributed by atoms with Crippen LogP contribution in [0, 0.1) is 0 Å². The number of rotatable bonds is 6. The molecule has 1 aromatic heterocycles. The van der Waals surface area contributed by atoms with Gasteiger partial charge in [0, 0.05) is 43.3 Å². The predicted molar refractivity (Wildman–Crippen MR) is 71.2 cm³/mol. The van der Waals surface area contributed by atoms with Crippen LogP contribution in [0.15, 0.2) is 29.2 Å². The number of hydrogen-bond donors (Lipinski definition) is 0. The number of halogens is 1. The Labute approximate surface area is 105 Å². The third-order valence-electron chi connectivity index (χ3n) is 2.63. The topological polar surface area (TPSA) is 25.2 Å². The third-order valence-corrected chi connectivity index (χ3v) is 2.98. The number of alkyl halides is 1. The van der Waals surface area contributed by atoms with Gasteiger partial charge in [-0.05, 0) is 19.9 Å². The second kappa shape index (κ2) is 6.86. The highest BCUT2D eigenvalue weighted by Gasteiger charge is 2.08. The van der Waals surface area contributed by atoms with Crippen molar-refractivity contribution in [3.05, 3.63) is 34.7 Å². The van der Waals surface area contributed by atoms with Crippen LogP contribution >= 0.6 is 15.9 Å². The van der Waals surface area contributed by atoms with Crippen molar-refractivity contribution in [1.82, 2.24) is 9.47 Å². The van der Waals surface area contributed by atoms with Gasteiger partial charge >= 0.3 is 0 Å². The largest absolute Gasteiger partial charge is 0.314 e. The summed E-state index contributed by atoms with van der Waals surface area (Å²) < 4.78 is 1.75. The SMILES string of the molecule is CC(C)N(CCBr)CCn1ccccc1=O. The van der Waals surface area contributed by atoms with Crippen LogP contribution < -0.4 is 5.56 Å². The summed E-state index contributed by atoms with van der Waals surface area (Å²) >= 11 is 3.45. The Hall–Kier alpha value is -0.610. The molecule has 0 amide bonds. The molecule has 0 radical (unpaired) electrons. The highest BCUT2D eigenvalue weighted by atomic mass is 79.9. The van der Waals surface area contributed by atoms with Crippen molar-refractivity contribution in [1.29, 1.82) is 0 Å². The fourth-order valence-corrected chi connectivity index (χ4v) is 2.07. The monoisotopic (exact) mass is 286 g/mol. The van der Waals surface area contributed by atoms with Gasteiger partial charge in [0.05, 0.1) is 0 Å². The van der Waals surface area contributed by atoms with Crippen LogP contribution in [-0.2, 0) is 6.54 Å². The zero-order valence-corrected chi connectivity index (χ0v) is 11.5. The second-order valence-electron chi connectivity index (χ2n) is 4.05. The highest BCUT2D eigenvalue weighted by molar-refractivity contribution is 9.09. The summed E-state index contributed by atoms with van der Waals surface area (Å²) in [5.41, 5.74) is 0.0741. The van der Waals surface area contributed by atoms with Crippen molar-refractivity contribution in [3.8, 4) is 0 Å². The summed E-state index contributed by atoms with van der Waals surface area (Å²) in [6, 6.07) is 5.78. The lowest BCUT2D eigenvalue weighted by molar-refractivity contribution is 0.226. The molecule has 0 fully saturated rings. The Balaban J connectivity index is 2.55. The van der Waals surface area contributed by atoms with Gasteiger partial charge in [-0.1, -0.05) is 22.0 Å². The molecule has 0 aliphatic heterocycles. The zero-order chi connectivity index (χ0) is 12.0. The maximum atomic E-state index is 11.5. The van der Waals surface area contributed by atoms with Crippen LogP contribution in [0.3, 0.4) is 0 Å². The number of hydrogen-bond acceptors (Lipinski definition) is 2. The number of pyridine rings is 1. The van der Waals surface area contributed by atoms with E-state index in [4.69, 9.17) is 0 Å². The van der Waals surface area contributed by atoms with E-state index in [1.165, 1.54) is 0 Å². The van der Waals surface area contributed by atoms with Crippen LogP contribution in [0.5, 0.6) is 0 Å². The van der Waals surface area contributed by atoms with Crippen LogP contribution in [0.4, 0.5) is 0 Å². The standard InChI is InChI=1S/C12H19BrN2O/c1-11(2)14(8-6-13)9-10-15-7-4-3-5-12(15)16/h3-5,7,11H,6,8-10H2,1-2H3. The van der Waals surface area contributed by atoms with Gasteiger partial charge in [-0.3, -0.25) is 9.69 Å². The number of nitrogens with zero attached hydrogens (tertiary/aromatic N) is 2. The van der Waals surface area contributed by atoms with Crippen LogP contribution in [0.2, 0.25) is 0 Å². The molecular weight excluding hydrogens is 268 g/mol. The molecule has 0 atom stereocenters. The molecule has 0 aliphatic carbocycles. The molecule has 1 heterocycles. The predicted octanol–water partition coefficient (Wildman–Crippen LogP) is 1.95. The van der Waals surface area contributed by atoms with E-state index in [1.54, 1.807) is 16.7 Å². The third kappa shape index (κ3) is 4.10. The molecule has 0 saturated carbocycles. The van der Waals surface area contributed by atoms with Crippen molar-refractivity contribution in [2.75, 3.05) is 18.4 Å². The van der Waals surface area contributed by atoms with Crippen molar-refractivity contribution in [3.63, 3.8) is 0 Å². The summed E-state index contributed by atoms with van der Waals surface area (Å²) in [5.74, 6) is 0. The molecule has 0 bridgehead atoms. The minimum absolute atomic E-state index is 0.0741. The lowest BCUT2D eigenvalue weighted by Gasteiger charge is -2.25. The quantitative estimate of drug-likeness (QED) is 0.747. The average Bonchev–Trinajstić information content (AvgIpc) is 2.26. The van der Waals surface area contributed by atoms with Gasteiger partial charge in [-0.25, -0.2) is 0 Å². The van der Waals surface area contributed by atoms with E-state index in [1.807, 2.05) is 12.3 Å². The number of aromatic nitrogens is 1. The van der Waals surface area contributed by atoms with Crippen LogP contribution in [0.1, 0.15) is 13.8 Å². The first kappa shape index (κ1) is 13.5. The Morgan fingerprint density at radius 2 is 2.12 bits per heavy atom. The minimum Gasteiger partial charge on any atom is -0.314 e. The van der Waals surface area contributed by atoms with Crippen molar-refractivity contribution >= 4 is 15.9 Å². The lowest BCUT2D eigenvalue weighted by atomic mass is 10.3. The second-order valence-corrected chi connectivity index (χ2v) is 4.84. The molecule has 1 rings (SSSR count). The van der Waals surface area contributed by atoms with Crippen LogP contribution in [-0.4, -0.2) is 33.9 Å². The van der Waals surface area contributed by atoms with Gasteiger partial charge < -0.3 is 4.57 Å². The van der Waals surface area contributed by atoms with Gasteiger partial charge in [-0.15, -0.1) is 0 Å². The van der Waals surface area contributed by atoms with Crippen molar-refractivity contribution in [2.45, 2.75) is 26.4 Å². The van der Waals surface area contributed by atoms with Crippen molar-refractivity contribution in [2.24, 2.45) is 0 Å². The fraction of sp³-hybridized carbons (Fsp3) is 0.583. The van der Waals surface area contributed by atoms with E-state index in [0.29, 0.717) is 6.04 Å². The van der Waals surface area contributed by atoms with Gasteiger partial charge in [0.2, 0.25) is 0 Å². The molecule has 0 unspecified atom stereocenters. The van der Waals surface area contributed by atoms with Gasteiger partial charge in [0.25, 0.3) is 5.56 Å². The maximum Gasteiger partial charge on any atom is 0.250 e. The van der Waals surface area contributed by atoms with E-state index in [9.17, 15) is 4.79 Å². The molecule has 3 nitrogen and oxygen atoms in total. The van der Waals surface area contributed by atoms with Gasteiger partial charge in [-0.2, -0.15) is 0 Å². The smallest absolute Gasteiger partial charge is 0.250 e. The molecule has 16 heavy (non-hydrogen) atoms. The molecule has 0 aromatic carbocycles. The van der Waals surface area contributed by atoms with Gasteiger partial charge in [0.15, 0.2) is 0 Å². The van der Waals surface area contributed by atoms with Crippen molar-refractivity contribution < 1.29 is 0 Å². The fourth-order valence-electron chi connectivity index (χ4n) is 1.62. The lowest BCUT2D eigenvalue weighted by Crippen LogP contribution is -2.36. The summed E-state index contributed by atoms with van der Waals surface area (Å²) in [5, 5.41) is 0.967. The maximum absolute atomic E-state index is 11.5. The molecule has 0 aliphatic rings. The average molecular weight is 287 g/mol. The van der Waals surface area contributed by atoms with Gasteiger partial charge in [0.1, 0.15) is 0 Å². The molecule has 4 heteroatoms. The van der Waals surface area contributed by atoms with E-state index in [-0.39, 0.29) is 5.56 Å². The minimum atomic E-state index is 0.0741. The zero-order valence-electron chi connectivity index (χ0n) is 9.90. The first-order chi connectivity index (χ1) is 7.65. The Morgan fingerprint density at radius 1 is 1.38 bits per heavy atom. The van der Waals surface area contributed by atoms with E-state index in [0.717, 1.165) is 25.0 Å². The molecule has 90 valence electrons.